The van der Waals surface area contributed by atoms with Gasteiger partial charge in [0.15, 0.2) is 0 Å². The SMILES string of the molecule is COCc1nc(C)c(CN)s1. The summed E-state index contributed by atoms with van der Waals surface area (Å²) < 4.78 is 4.95. The number of aromatic nitrogens is 1. The molecule has 2 N–H and O–H groups in total. The summed E-state index contributed by atoms with van der Waals surface area (Å²) in [7, 11) is 1.67. The molecule has 0 fully saturated rings. The minimum absolute atomic E-state index is 0.577. The average Bonchev–Trinajstić information content (AvgIpc) is 2.32. The highest BCUT2D eigenvalue weighted by Crippen LogP contribution is 2.17. The van der Waals surface area contributed by atoms with E-state index in [1.54, 1.807) is 18.4 Å². The fraction of sp³-hybridized carbons (Fsp3) is 0.571. The predicted molar refractivity (Wildman–Crippen MR) is 45.5 cm³/mol. The summed E-state index contributed by atoms with van der Waals surface area (Å²) in [5.74, 6) is 0. The van der Waals surface area contributed by atoms with Crippen molar-refractivity contribution in [2.75, 3.05) is 7.11 Å². The zero-order chi connectivity index (χ0) is 8.27. The maximum atomic E-state index is 5.49. The number of hydrogen-bond donors (Lipinski definition) is 1. The van der Waals surface area contributed by atoms with Crippen LogP contribution in [0.4, 0.5) is 0 Å². The fourth-order valence-electron chi connectivity index (χ4n) is 0.863. The second kappa shape index (κ2) is 3.80. The molecule has 0 aliphatic heterocycles. The van der Waals surface area contributed by atoms with Gasteiger partial charge in [-0.05, 0) is 6.92 Å². The number of nitrogens with zero attached hydrogens (tertiary/aromatic N) is 1. The zero-order valence-electron chi connectivity index (χ0n) is 6.76. The van der Waals surface area contributed by atoms with Crippen LogP contribution >= 0.6 is 11.3 Å². The lowest BCUT2D eigenvalue weighted by molar-refractivity contribution is 0.184. The van der Waals surface area contributed by atoms with Crippen LogP contribution in [0.5, 0.6) is 0 Å². The van der Waals surface area contributed by atoms with Crippen LogP contribution in [0, 0.1) is 6.92 Å². The molecule has 0 radical (unpaired) electrons. The van der Waals surface area contributed by atoms with E-state index >= 15 is 0 Å². The van der Waals surface area contributed by atoms with E-state index in [9.17, 15) is 0 Å². The molecule has 1 heterocycles. The summed E-state index contributed by atoms with van der Waals surface area (Å²) in [6.45, 7) is 3.14. The van der Waals surface area contributed by atoms with Crippen LogP contribution in [0.15, 0.2) is 0 Å². The van der Waals surface area contributed by atoms with E-state index in [4.69, 9.17) is 10.5 Å². The Morgan fingerprint density at radius 2 is 2.36 bits per heavy atom. The highest BCUT2D eigenvalue weighted by molar-refractivity contribution is 7.11. The van der Waals surface area contributed by atoms with Gasteiger partial charge in [-0.15, -0.1) is 11.3 Å². The summed E-state index contributed by atoms with van der Waals surface area (Å²) in [6, 6.07) is 0. The lowest BCUT2D eigenvalue weighted by Crippen LogP contribution is -1.94. The van der Waals surface area contributed by atoms with Crippen molar-refractivity contribution in [3.05, 3.63) is 15.6 Å². The van der Waals surface area contributed by atoms with Crippen LogP contribution in [0.2, 0.25) is 0 Å². The molecule has 4 heteroatoms. The Labute approximate surface area is 70.2 Å². The third-order valence-corrected chi connectivity index (χ3v) is 2.54. The smallest absolute Gasteiger partial charge is 0.119 e. The Kier molecular flexibility index (Phi) is 2.99. The normalized spacial score (nSPS) is 10.5. The van der Waals surface area contributed by atoms with Gasteiger partial charge in [-0.25, -0.2) is 4.98 Å². The van der Waals surface area contributed by atoms with Gasteiger partial charge in [-0.3, -0.25) is 0 Å². The number of rotatable bonds is 3. The second-order valence-corrected chi connectivity index (χ2v) is 3.42. The summed E-state index contributed by atoms with van der Waals surface area (Å²) in [5.41, 5.74) is 6.52. The Morgan fingerprint density at radius 1 is 1.64 bits per heavy atom. The monoisotopic (exact) mass is 172 g/mol. The molecule has 0 spiro atoms. The van der Waals surface area contributed by atoms with Crippen molar-refractivity contribution < 1.29 is 4.74 Å². The van der Waals surface area contributed by atoms with Gasteiger partial charge in [0, 0.05) is 18.5 Å². The molecule has 0 aliphatic carbocycles. The van der Waals surface area contributed by atoms with Gasteiger partial charge in [0.2, 0.25) is 0 Å². The molecule has 1 aromatic heterocycles. The molecule has 0 aliphatic rings. The molecule has 0 amide bonds. The first kappa shape index (κ1) is 8.64. The van der Waals surface area contributed by atoms with Crippen molar-refractivity contribution >= 4 is 11.3 Å². The van der Waals surface area contributed by atoms with Crippen molar-refractivity contribution in [1.82, 2.24) is 4.98 Å². The van der Waals surface area contributed by atoms with E-state index in [-0.39, 0.29) is 0 Å². The van der Waals surface area contributed by atoms with E-state index in [0.29, 0.717) is 13.2 Å². The molecule has 0 unspecified atom stereocenters. The molecule has 0 bridgehead atoms. The second-order valence-electron chi connectivity index (χ2n) is 2.25. The fourth-order valence-corrected chi connectivity index (χ4v) is 1.78. The standard InChI is InChI=1S/C7H12N2OS/c1-5-6(3-8)11-7(9-5)4-10-2/h3-4,8H2,1-2H3. The van der Waals surface area contributed by atoms with Gasteiger partial charge >= 0.3 is 0 Å². The van der Waals surface area contributed by atoms with Crippen molar-refractivity contribution in [3.8, 4) is 0 Å². The number of ether oxygens (including phenoxy) is 1. The van der Waals surface area contributed by atoms with E-state index in [0.717, 1.165) is 15.6 Å². The summed E-state index contributed by atoms with van der Waals surface area (Å²) in [4.78, 5) is 5.43. The van der Waals surface area contributed by atoms with Crippen LogP contribution in [-0.2, 0) is 17.9 Å². The quantitative estimate of drug-likeness (QED) is 0.741. The van der Waals surface area contributed by atoms with E-state index in [2.05, 4.69) is 4.98 Å². The molecule has 1 aromatic rings. The first-order chi connectivity index (χ1) is 5.27. The van der Waals surface area contributed by atoms with Gasteiger partial charge in [0.05, 0.1) is 12.3 Å². The molecule has 0 aromatic carbocycles. The maximum Gasteiger partial charge on any atom is 0.119 e. The van der Waals surface area contributed by atoms with Gasteiger partial charge in [0.1, 0.15) is 5.01 Å². The van der Waals surface area contributed by atoms with Gasteiger partial charge in [-0.2, -0.15) is 0 Å². The molecule has 11 heavy (non-hydrogen) atoms. The van der Waals surface area contributed by atoms with Crippen LogP contribution < -0.4 is 5.73 Å². The third kappa shape index (κ3) is 1.99. The molecule has 62 valence electrons. The number of methoxy groups -OCH3 is 1. The summed E-state index contributed by atoms with van der Waals surface area (Å²) in [5, 5.41) is 1.01. The number of aryl methyl sites for hydroxylation is 1. The number of nitrogens with two attached hydrogens (primary N) is 1. The Balaban J connectivity index is 2.77. The highest BCUT2D eigenvalue weighted by Gasteiger charge is 2.04. The predicted octanol–water partition coefficient (Wildman–Crippen LogP) is 1.06. The van der Waals surface area contributed by atoms with E-state index < -0.39 is 0 Å². The average molecular weight is 172 g/mol. The molecular formula is C7H12N2OS. The zero-order valence-corrected chi connectivity index (χ0v) is 7.57. The van der Waals surface area contributed by atoms with Crippen molar-refractivity contribution in [3.63, 3.8) is 0 Å². The Hall–Kier alpha value is -0.450. The number of thiazole rings is 1. The Morgan fingerprint density at radius 3 is 2.82 bits per heavy atom. The van der Waals surface area contributed by atoms with Gasteiger partial charge in [-0.1, -0.05) is 0 Å². The van der Waals surface area contributed by atoms with Crippen molar-refractivity contribution in [1.29, 1.82) is 0 Å². The number of hydrogen-bond acceptors (Lipinski definition) is 4. The summed E-state index contributed by atoms with van der Waals surface area (Å²) in [6.07, 6.45) is 0. The third-order valence-electron chi connectivity index (χ3n) is 1.39. The minimum Gasteiger partial charge on any atom is -0.378 e. The largest absolute Gasteiger partial charge is 0.378 e. The van der Waals surface area contributed by atoms with Crippen LogP contribution in [-0.4, -0.2) is 12.1 Å². The van der Waals surface area contributed by atoms with E-state index in [1.165, 1.54) is 0 Å². The maximum absolute atomic E-state index is 5.49. The van der Waals surface area contributed by atoms with Crippen LogP contribution in [0.1, 0.15) is 15.6 Å². The van der Waals surface area contributed by atoms with Gasteiger partial charge in [0.25, 0.3) is 0 Å². The molecule has 0 atom stereocenters. The van der Waals surface area contributed by atoms with E-state index in [1.807, 2.05) is 6.92 Å². The van der Waals surface area contributed by atoms with Crippen LogP contribution in [0.3, 0.4) is 0 Å². The highest BCUT2D eigenvalue weighted by atomic mass is 32.1. The minimum atomic E-state index is 0.577. The lowest BCUT2D eigenvalue weighted by atomic mass is 10.4. The molecular weight excluding hydrogens is 160 g/mol. The summed E-state index contributed by atoms with van der Waals surface area (Å²) >= 11 is 1.62. The molecule has 1 rings (SSSR count). The molecule has 0 saturated heterocycles. The van der Waals surface area contributed by atoms with Crippen molar-refractivity contribution in [2.24, 2.45) is 5.73 Å². The van der Waals surface area contributed by atoms with Gasteiger partial charge < -0.3 is 10.5 Å². The topological polar surface area (TPSA) is 48.1 Å². The van der Waals surface area contributed by atoms with Crippen LogP contribution in [0.25, 0.3) is 0 Å². The first-order valence-corrected chi connectivity index (χ1v) is 4.23. The molecule has 0 saturated carbocycles. The lowest BCUT2D eigenvalue weighted by Gasteiger charge is -1.88. The molecule has 3 nitrogen and oxygen atoms in total. The Bertz CT molecular complexity index is 234. The first-order valence-electron chi connectivity index (χ1n) is 3.42. The van der Waals surface area contributed by atoms with Crippen molar-refractivity contribution in [2.45, 2.75) is 20.1 Å².